The molecule has 0 heterocycles. The predicted molar refractivity (Wildman–Crippen MR) is 111 cm³/mol. The van der Waals surface area contributed by atoms with Crippen LogP contribution >= 0.6 is 0 Å². The number of benzene rings is 2. The van der Waals surface area contributed by atoms with Gasteiger partial charge in [-0.15, -0.1) is 0 Å². The summed E-state index contributed by atoms with van der Waals surface area (Å²) in [6.45, 7) is 4.66. The fraction of sp³-hybridized carbons (Fsp3) is 0.583. The molecule has 0 bridgehead atoms. The minimum absolute atomic E-state index is 0.649. The van der Waals surface area contributed by atoms with E-state index in [1.807, 2.05) is 0 Å². The molecule has 2 rings (SSSR count). The van der Waals surface area contributed by atoms with E-state index in [9.17, 15) is 0 Å². The first-order valence-corrected chi connectivity index (χ1v) is 10.3. The molecule has 0 N–H and O–H groups in total. The Morgan fingerprint density at radius 1 is 0.760 bits per heavy atom. The van der Waals surface area contributed by atoms with E-state index in [1.165, 1.54) is 80.5 Å². The fourth-order valence-electron chi connectivity index (χ4n) is 3.60. The largest absolute Gasteiger partial charge is 0.497 e. The van der Waals surface area contributed by atoms with Crippen LogP contribution in [0.1, 0.15) is 89.5 Å². The summed E-state index contributed by atoms with van der Waals surface area (Å²) in [6.07, 6.45) is 14.0. The van der Waals surface area contributed by atoms with Gasteiger partial charge in [-0.3, -0.25) is 0 Å². The zero-order valence-electron chi connectivity index (χ0n) is 16.5. The van der Waals surface area contributed by atoms with Crippen LogP contribution in [0.5, 0.6) is 5.75 Å². The zero-order valence-corrected chi connectivity index (χ0v) is 16.5. The van der Waals surface area contributed by atoms with Gasteiger partial charge in [-0.25, -0.2) is 0 Å². The first kappa shape index (κ1) is 19.8. The molecule has 1 atom stereocenters. The molecule has 138 valence electrons. The molecule has 0 fully saturated rings. The topological polar surface area (TPSA) is 9.23 Å². The molecule has 0 aliphatic heterocycles. The summed E-state index contributed by atoms with van der Waals surface area (Å²) in [5.74, 6) is 1.58. The van der Waals surface area contributed by atoms with Crippen LogP contribution in [0.3, 0.4) is 0 Å². The minimum Gasteiger partial charge on any atom is -0.497 e. The van der Waals surface area contributed by atoms with E-state index in [0.717, 1.165) is 5.75 Å². The lowest BCUT2D eigenvalue weighted by molar-refractivity contribution is 0.415. The standard InChI is InChI=1S/C24H36O/c1-4-5-6-7-8-9-10-11-12-13-20(2)21-14-15-23-19-24(25-3)17-16-22(23)18-21/h14-20H,4-13H2,1-3H3. The van der Waals surface area contributed by atoms with Crippen molar-refractivity contribution in [3.05, 3.63) is 42.0 Å². The number of ether oxygens (including phenoxy) is 1. The molecule has 1 unspecified atom stereocenters. The average molecular weight is 341 g/mol. The van der Waals surface area contributed by atoms with E-state index < -0.39 is 0 Å². The summed E-state index contributed by atoms with van der Waals surface area (Å²) in [4.78, 5) is 0. The van der Waals surface area contributed by atoms with Crippen molar-refractivity contribution in [3.63, 3.8) is 0 Å². The Balaban J connectivity index is 1.70. The van der Waals surface area contributed by atoms with E-state index in [1.54, 1.807) is 7.11 Å². The monoisotopic (exact) mass is 340 g/mol. The zero-order chi connectivity index (χ0) is 17.9. The highest BCUT2D eigenvalue weighted by Crippen LogP contribution is 2.27. The Kier molecular flexibility index (Phi) is 8.86. The number of methoxy groups -OCH3 is 1. The number of unbranched alkanes of at least 4 members (excludes halogenated alkanes) is 8. The number of hydrogen-bond acceptors (Lipinski definition) is 1. The molecule has 1 nitrogen and oxygen atoms in total. The summed E-state index contributed by atoms with van der Waals surface area (Å²) >= 11 is 0. The van der Waals surface area contributed by atoms with Crippen LogP contribution in [0.2, 0.25) is 0 Å². The molecular weight excluding hydrogens is 304 g/mol. The Morgan fingerprint density at radius 2 is 1.36 bits per heavy atom. The highest BCUT2D eigenvalue weighted by molar-refractivity contribution is 5.84. The van der Waals surface area contributed by atoms with Crippen LogP contribution in [0.4, 0.5) is 0 Å². The summed E-state index contributed by atoms with van der Waals surface area (Å²) in [7, 11) is 1.73. The maximum Gasteiger partial charge on any atom is 0.119 e. The van der Waals surface area contributed by atoms with Crippen molar-refractivity contribution in [3.8, 4) is 5.75 Å². The lowest BCUT2D eigenvalue weighted by Gasteiger charge is -2.13. The summed E-state index contributed by atoms with van der Waals surface area (Å²) < 4.78 is 5.31. The maximum absolute atomic E-state index is 5.31. The van der Waals surface area contributed by atoms with Gasteiger partial charge in [0.05, 0.1) is 7.11 Å². The van der Waals surface area contributed by atoms with Gasteiger partial charge in [-0.2, -0.15) is 0 Å². The quantitative estimate of drug-likeness (QED) is 0.357. The van der Waals surface area contributed by atoms with Crippen LogP contribution in [0.15, 0.2) is 36.4 Å². The fourth-order valence-corrected chi connectivity index (χ4v) is 3.60. The molecule has 2 aromatic carbocycles. The Labute approximate surface area is 154 Å². The van der Waals surface area contributed by atoms with E-state index in [0.29, 0.717) is 5.92 Å². The molecule has 1 heteroatoms. The normalized spacial score (nSPS) is 12.4. The Bertz CT molecular complexity index is 617. The summed E-state index contributed by atoms with van der Waals surface area (Å²) in [5, 5.41) is 2.58. The first-order chi connectivity index (χ1) is 12.2. The van der Waals surface area contributed by atoms with Crippen LogP contribution in [0, 0.1) is 0 Å². The van der Waals surface area contributed by atoms with Crippen molar-refractivity contribution in [2.45, 2.75) is 84.0 Å². The lowest BCUT2D eigenvalue weighted by Crippen LogP contribution is -1.94. The number of fused-ring (bicyclic) bond motifs is 1. The molecule has 0 aromatic heterocycles. The second kappa shape index (κ2) is 11.2. The third-order valence-electron chi connectivity index (χ3n) is 5.38. The van der Waals surface area contributed by atoms with Crippen molar-refractivity contribution in [1.29, 1.82) is 0 Å². The summed E-state index contributed by atoms with van der Waals surface area (Å²) in [5.41, 5.74) is 1.47. The predicted octanol–water partition coefficient (Wildman–Crippen LogP) is 7.87. The molecule has 0 spiro atoms. The smallest absolute Gasteiger partial charge is 0.119 e. The third kappa shape index (κ3) is 6.72. The van der Waals surface area contributed by atoms with E-state index in [2.05, 4.69) is 50.2 Å². The molecular formula is C24H36O. The highest BCUT2D eigenvalue weighted by Gasteiger charge is 2.07. The lowest BCUT2D eigenvalue weighted by atomic mass is 9.93. The van der Waals surface area contributed by atoms with E-state index in [4.69, 9.17) is 4.74 Å². The molecule has 0 radical (unpaired) electrons. The van der Waals surface area contributed by atoms with Gasteiger partial charge in [0, 0.05) is 0 Å². The van der Waals surface area contributed by atoms with Gasteiger partial charge in [-0.1, -0.05) is 95.9 Å². The highest BCUT2D eigenvalue weighted by atomic mass is 16.5. The van der Waals surface area contributed by atoms with Crippen molar-refractivity contribution in [1.82, 2.24) is 0 Å². The Morgan fingerprint density at radius 3 is 2.04 bits per heavy atom. The van der Waals surface area contributed by atoms with Crippen LogP contribution < -0.4 is 4.74 Å². The van der Waals surface area contributed by atoms with Crippen molar-refractivity contribution >= 4 is 10.8 Å². The molecule has 0 aliphatic carbocycles. The maximum atomic E-state index is 5.31. The van der Waals surface area contributed by atoms with Gasteiger partial charge in [0.25, 0.3) is 0 Å². The van der Waals surface area contributed by atoms with Crippen molar-refractivity contribution < 1.29 is 4.74 Å². The number of rotatable bonds is 12. The number of hydrogen-bond donors (Lipinski definition) is 0. The molecule has 2 aromatic rings. The third-order valence-corrected chi connectivity index (χ3v) is 5.38. The average Bonchev–Trinajstić information content (AvgIpc) is 2.65. The SMILES string of the molecule is CCCCCCCCCCCC(C)c1ccc2cc(OC)ccc2c1. The van der Waals surface area contributed by atoms with Gasteiger partial charge in [0.2, 0.25) is 0 Å². The second-order valence-corrected chi connectivity index (χ2v) is 7.49. The molecule has 0 aliphatic rings. The minimum atomic E-state index is 0.649. The van der Waals surface area contributed by atoms with Gasteiger partial charge >= 0.3 is 0 Å². The van der Waals surface area contributed by atoms with Crippen LogP contribution in [-0.4, -0.2) is 7.11 Å². The van der Waals surface area contributed by atoms with Crippen molar-refractivity contribution in [2.24, 2.45) is 0 Å². The molecule has 25 heavy (non-hydrogen) atoms. The van der Waals surface area contributed by atoms with Crippen molar-refractivity contribution in [2.75, 3.05) is 7.11 Å². The molecule has 0 saturated carbocycles. The first-order valence-electron chi connectivity index (χ1n) is 10.3. The molecule has 0 amide bonds. The van der Waals surface area contributed by atoms with Crippen LogP contribution in [0.25, 0.3) is 10.8 Å². The van der Waals surface area contributed by atoms with Gasteiger partial charge < -0.3 is 4.74 Å². The van der Waals surface area contributed by atoms with Gasteiger partial charge in [0.15, 0.2) is 0 Å². The van der Waals surface area contributed by atoms with Crippen LogP contribution in [-0.2, 0) is 0 Å². The second-order valence-electron chi connectivity index (χ2n) is 7.49. The van der Waals surface area contributed by atoms with E-state index in [-0.39, 0.29) is 0 Å². The van der Waals surface area contributed by atoms with Gasteiger partial charge in [0.1, 0.15) is 5.75 Å². The molecule has 0 saturated heterocycles. The summed E-state index contributed by atoms with van der Waals surface area (Å²) in [6, 6.07) is 13.2. The van der Waals surface area contributed by atoms with Gasteiger partial charge in [-0.05, 0) is 40.8 Å². The van der Waals surface area contributed by atoms with E-state index >= 15 is 0 Å². The Hall–Kier alpha value is -1.50.